The summed E-state index contributed by atoms with van der Waals surface area (Å²) in [5.41, 5.74) is 2.68. The van der Waals surface area contributed by atoms with E-state index in [-0.39, 0.29) is 11.8 Å². The van der Waals surface area contributed by atoms with Crippen LogP contribution in [0.1, 0.15) is 30.5 Å². The summed E-state index contributed by atoms with van der Waals surface area (Å²) in [4.78, 5) is 25.9. The Morgan fingerprint density at radius 3 is 2.29 bits per heavy atom. The molecular formula is C24H31ClN2O3S. The van der Waals surface area contributed by atoms with E-state index in [2.05, 4.69) is 24.5 Å². The van der Waals surface area contributed by atoms with Crippen molar-refractivity contribution in [3.8, 4) is 5.75 Å². The lowest BCUT2D eigenvalue weighted by atomic mass is 9.89. The van der Waals surface area contributed by atoms with Crippen LogP contribution < -0.4 is 15.4 Å². The van der Waals surface area contributed by atoms with Gasteiger partial charge in [0, 0.05) is 19.3 Å². The van der Waals surface area contributed by atoms with E-state index in [1.807, 2.05) is 48.5 Å². The third-order valence-corrected chi connectivity index (χ3v) is 6.32. The number of alkyl halides is 1. The number of ether oxygens (including phenoxy) is 1. The fraction of sp³-hybridized carbons (Fsp3) is 0.417. The standard InChI is InChI=1S/C24H31ClN2O3S/c1-16(2)13-18-7-5-6-8-20(18)24(31,15-25)23(29)27-21(22(28)26-3)14-17-9-11-19(30-4)12-10-17/h5-12,16,21,31H,13-15H2,1-4H3,(H,26,28)(H,27,29). The highest BCUT2D eigenvalue weighted by Crippen LogP contribution is 2.34. The summed E-state index contributed by atoms with van der Waals surface area (Å²) in [7, 11) is 3.14. The zero-order valence-corrected chi connectivity index (χ0v) is 20.1. The Labute approximate surface area is 195 Å². The molecular weight excluding hydrogens is 432 g/mol. The van der Waals surface area contributed by atoms with Gasteiger partial charge in [-0.15, -0.1) is 11.6 Å². The van der Waals surface area contributed by atoms with E-state index < -0.39 is 16.7 Å². The first-order valence-corrected chi connectivity index (χ1v) is 11.3. The Morgan fingerprint density at radius 1 is 1.10 bits per heavy atom. The summed E-state index contributed by atoms with van der Waals surface area (Å²) < 4.78 is 3.92. The van der Waals surface area contributed by atoms with Crippen molar-refractivity contribution < 1.29 is 14.3 Å². The van der Waals surface area contributed by atoms with Crippen molar-refractivity contribution in [1.82, 2.24) is 10.6 Å². The number of hydrogen-bond donors (Lipinski definition) is 3. The normalized spacial score (nSPS) is 13.9. The lowest BCUT2D eigenvalue weighted by Gasteiger charge is -2.30. The first-order valence-electron chi connectivity index (χ1n) is 10.3. The van der Waals surface area contributed by atoms with Gasteiger partial charge >= 0.3 is 0 Å². The van der Waals surface area contributed by atoms with E-state index in [0.29, 0.717) is 12.3 Å². The summed E-state index contributed by atoms with van der Waals surface area (Å²) >= 11 is 11.0. The van der Waals surface area contributed by atoms with Gasteiger partial charge in [0.25, 0.3) is 0 Å². The Kier molecular flexibility index (Phi) is 9.26. The molecule has 0 aliphatic heterocycles. The predicted molar refractivity (Wildman–Crippen MR) is 129 cm³/mol. The molecule has 0 aliphatic carbocycles. The molecule has 5 nitrogen and oxygen atoms in total. The maximum Gasteiger partial charge on any atom is 0.242 e. The molecule has 0 aliphatic rings. The molecule has 0 aromatic heterocycles. The topological polar surface area (TPSA) is 67.4 Å². The van der Waals surface area contributed by atoms with Gasteiger partial charge in [-0.2, -0.15) is 12.6 Å². The SMILES string of the molecule is CNC(=O)C(Cc1ccc(OC)cc1)NC(=O)C(S)(CCl)c1ccccc1CC(C)C. The van der Waals surface area contributed by atoms with Crippen molar-refractivity contribution in [2.45, 2.75) is 37.5 Å². The summed E-state index contributed by atoms with van der Waals surface area (Å²) in [6.07, 6.45) is 1.13. The molecule has 2 rings (SSSR count). The van der Waals surface area contributed by atoms with Crippen LogP contribution in [0.4, 0.5) is 0 Å². The second kappa shape index (κ2) is 11.4. The average Bonchev–Trinajstić information content (AvgIpc) is 2.77. The highest BCUT2D eigenvalue weighted by Gasteiger charge is 2.39. The van der Waals surface area contributed by atoms with Crippen LogP contribution in [0.3, 0.4) is 0 Å². The van der Waals surface area contributed by atoms with Gasteiger partial charge in [-0.25, -0.2) is 0 Å². The summed E-state index contributed by atoms with van der Waals surface area (Å²) in [6.45, 7) is 4.24. The Morgan fingerprint density at radius 2 is 1.74 bits per heavy atom. The minimum absolute atomic E-state index is 0.0277. The second-order valence-corrected chi connectivity index (χ2v) is 8.97. The van der Waals surface area contributed by atoms with Crippen LogP contribution in [0, 0.1) is 5.92 Å². The molecule has 0 heterocycles. The number of carbonyl (C=O) groups is 2. The van der Waals surface area contributed by atoms with Gasteiger partial charge in [-0.1, -0.05) is 50.2 Å². The van der Waals surface area contributed by atoms with Crippen LogP contribution in [0.2, 0.25) is 0 Å². The number of carbonyl (C=O) groups excluding carboxylic acids is 2. The van der Waals surface area contributed by atoms with Gasteiger partial charge < -0.3 is 15.4 Å². The molecule has 31 heavy (non-hydrogen) atoms. The lowest BCUT2D eigenvalue weighted by molar-refractivity contribution is -0.129. The molecule has 2 aromatic rings. The lowest BCUT2D eigenvalue weighted by Crippen LogP contribution is -2.52. The number of methoxy groups -OCH3 is 1. The Hall–Kier alpha value is -2.18. The van der Waals surface area contributed by atoms with Gasteiger partial charge in [0.05, 0.1) is 7.11 Å². The van der Waals surface area contributed by atoms with Gasteiger partial charge in [0.15, 0.2) is 0 Å². The molecule has 2 N–H and O–H groups in total. The number of halogens is 1. The zero-order chi connectivity index (χ0) is 23.0. The fourth-order valence-electron chi connectivity index (χ4n) is 3.46. The number of benzene rings is 2. The van der Waals surface area contributed by atoms with Crippen molar-refractivity contribution in [3.63, 3.8) is 0 Å². The van der Waals surface area contributed by atoms with Gasteiger partial charge in [-0.3, -0.25) is 9.59 Å². The molecule has 2 unspecified atom stereocenters. The molecule has 0 saturated carbocycles. The molecule has 168 valence electrons. The molecule has 7 heteroatoms. The number of nitrogens with one attached hydrogen (secondary N) is 2. The molecule has 2 atom stereocenters. The molecule has 0 bridgehead atoms. The first-order chi connectivity index (χ1) is 14.7. The summed E-state index contributed by atoms with van der Waals surface area (Å²) in [6, 6.07) is 14.3. The fourth-order valence-corrected chi connectivity index (χ4v) is 4.00. The molecule has 0 saturated heterocycles. The van der Waals surface area contributed by atoms with Crippen LogP contribution >= 0.6 is 24.2 Å². The van der Waals surface area contributed by atoms with Crippen molar-refractivity contribution in [2.24, 2.45) is 5.92 Å². The minimum atomic E-state index is -1.26. The molecule has 2 aromatic carbocycles. The maximum atomic E-state index is 13.4. The third-order valence-electron chi connectivity index (χ3n) is 5.13. The monoisotopic (exact) mass is 462 g/mol. The number of hydrogen-bond acceptors (Lipinski definition) is 4. The number of likely N-dealkylation sites (N-methyl/N-ethyl adjacent to an activating group) is 1. The maximum absolute atomic E-state index is 13.4. The van der Waals surface area contributed by atoms with Crippen molar-refractivity contribution in [3.05, 3.63) is 65.2 Å². The van der Waals surface area contributed by atoms with E-state index in [9.17, 15) is 9.59 Å². The number of amides is 2. The van der Waals surface area contributed by atoms with Gasteiger partial charge in [0.2, 0.25) is 11.8 Å². The van der Waals surface area contributed by atoms with Gasteiger partial charge in [0.1, 0.15) is 16.5 Å². The van der Waals surface area contributed by atoms with E-state index in [1.165, 1.54) is 0 Å². The van der Waals surface area contributed by atoms with Crippen LogP contribution in [0.5, 0.6) is 5.75 Å². The largest absolute Gasteiger partial charge is 0.497 e. The van der Waals surface area contributed by atoms with Crippen molar-refractivity contribution in [2.75, 3.05) is 20.0 Å². The van der Waals surface area contributed by atoms with E-state index >= 15 is 0 Å². The highest BCUT2D eigenvalue weighted by atomic mass is 35.5. The van der Waals surface area contributed by atoms with Gasteiger partial charge in [-0.05, 0) is 41.2 Å². The van der Waals surface area contributed by atoms with E-state index in [4.69, 9.17) is 29.0 Å². The highest BCUT2D eigenvalue weighted by molar-refractivity contribution is 7.82. The van der Waals surface area contributed by atoms with E-state index in [0.717, 1.165) is 28.9 Å². The number of rotatable bonds is 10. The van der Waals surface area contributed by atoms with Crippen LogP contribution in [-0.4, -0.2) is 37.9 Å². The number of thiol groups is 1. The van der Waals surface area contributed by atoms with Crippen LogP contribution in [0.25, 0.3) is 0 Å². The minimum Gasteiger partial charge on any atom is -0.497 e. The summed E-state index contributed by atoms with van der Waals surface area (Å²) in [5.74, 6) is 0.419. The molecule has 0 radical (unpaired) electrons. The quantitative estimate of drug-likeness (QED) is 0.372. The van der Waals surface area contributed by atoms with Crippen LogP contribution in [-0.2, 0) is 27.2 Å². The smallest absolute Gasteiger partial charge is 0.242 e. The average molecular weight is 463 g/mol. The molecule has 2 amide bonds. The second-order valence-electron chi connectivity index (χ2n) is 7.94. The van der Waals surface area contributed by atoms with Crippen molar-refractivity contribution >= 4 is 36.0 Å². The van der Waals surface area contributed by atoms with E-state index in [1.54, 1.807) is 14.2 Å². The van der Waals surface area contributed by atoms with Crippen molar-refractivity contribution in [1.29, 1.82) is 0 Å². The summed E-state index contributed by atoms with van der Waals surface area (Å²) in [5, 5.41) is 5.50. The predicted octanol–water partition coefficient (Wildman–Crippen LogP) is 3.73. The zero-order valence-electron chi connectivity index (χ0n) is 18.4. The first kappa shape index (κ1) is 25.1. The third kappa shape index (κ3) is 6.40. The molecule has 0 fully saturated rings. The van der Waals surface area contributed by atoms with Crippen LogP contribution in [0.15, 0.2) is 48.5 Å². The molecule has 0 spiro atoms. The Balaban J connectivity index is 2.30. The Bertz CT molecular complexity index is 889.